The average molecular weight is 348 g/mol. The van der Waals surface area contributed by atoms with Crippen LogP contribution in [0.2, 0.25) is 0 Å². The molecule has 1 saturated heterocycles. The van der Waals surface area contributed by atoms with Crippen molar-refractivity contribution >= 4 is 32.5 Å². The predicted molar refractivity (Wildman–Crippen MR) is 92.9 cm³/mol. The fraction of sp³-hybridized carbons (Fsp3) is 0.471. The minimum Gasteiger partial charge on any atom is -0.368 e. The highest BCUT2D eigenvalue weighted by Gasteiger charge is 2.21. The summed E-state index contributed by atoms with van der Waals surface area (Å²) in [6, 6.07) is 9.15. The van der Waals surface area contributed by atoms with Crippen LogP contribution in [0.25, 0.3) is 10.9 Å². The van der Waals surface area contributed by atoms with E-state index in [1.807, 2.05) is 6.20 Å². The number of fused-ring (bicyclic) bond motifs is 1. The van der Waals surface area contributed by atoms with Crippen LogP contribution in [-0.2, 0) is 0 Å². The first-order chi connectivity index (χ1) is 10.1. The van der Waals surface area contributed by atoms with E-state index in [9.17, 15) is 0 Å². The van der Waals surface area contributed by atoms with Gasteiger partial charge in [-0.2, -0.15) is 0 Å². The molecule has 2 heterocycles. The predicted octanol–water partition coefficient (Wildman–Crippen LogP) is 3.82. The van der Waals surface area contributed by atoms with Crippen molar-refractivity contribution in [3.8, 4) is 0 Å². The van der Waals surface area contributed by atoms with Gasteiger partial charge in [-0.05, 0) is 46.9 Å². The summed E-state index contributed by atoms with van der Waals surface area (Å²) in [5.41, 5.74) is 2.36. The molecule has 0 bridgehead atoms. The Hall–Kier alpha value is -1.13. The van der Waals surface area contributed by atoms with Crippen molar-refractivity contribution in [2.75, 3.05) is 24.5 Å². The van der Waals surface area contributed by atoms with Crippen molar-refractivity contribution in [2.45, 2.75) is 26.3 Å². The molecular formula is C17H22BrN3. The van der Waals surface area contributed by atoms with Gasteiger partial charge in [-0.25, -0.2) is 0 Å². The largest absolute Gasteiger partial charge is 0.368 e. The lowest BCUT2D eigenvalue weighted by molar-refractivity contribution is 0.420. The molecule has 3 nitrogen and oxygen atoms in total. The van der Waals surface area contributed by atoms with Crippen LogP contribution in [0.15, 0.2) is 34.9 Å². The van der Waals surface area contributed by atoms with Gasteiger partial charge < -0.3 is 10.2 Å². The van der Waals surface area contributed by atoms with Crippen molar-refractivity contribution in [1.29, 1.82) is 0 Å². The Bertz CT molecular complexity index is 626. The van der Waals surface area contributed by atoms with E-state index in [0.717, 1.165) is 29.6 Å². The number of nitrogens with zero attached hydrogens (tertiary/aromatic N) is 2. The number of hydrogen-bond donors (Lipinski definition) is 1. The molecule has 0 saturated carbocycles. The van der Waals surface area contributed by atoms with Gasteiger partial charge in [0.05, 0.1) is 11.2 Å². The second kappa shape index (κ2) is 6.32. The van der Waals surface area contributed by atoms with Gasteiger partial charge in [-0.3, -0.25) is 4.98 Å². The number of anilines is 1. The number of benzene rings is 1. The molecule has 0 spiro atoms. The average Bonchev–Trinajstić information content (AvgIpc) is 2.72. The zero-order valence-corrected chi connectivity index (χ0v) is 14.2. The van der Waals surface area contributed by atoms with Crippen LogP contribution in [0.3, 0.4) is 0 Å². The van der Waals surface area contributed by atoms with Crippen LogP contribution in [0, 0.1) is 5.92 Å². The molecule has 3 rings (SSSR count). The molecule has 1 aromatic heterocycles. The summed E-state index contributed by atoms with van der Waals surface area (Å²) in [7, 11) is 0. The third kappa shape index (κ3) is 3.22. The van der Waals surface area contributed by atoms with Gasteiger partial charge in [0.15, 0.2) is 0 Å². The first-order valence-corrected chi connectivity index (χ1v) is 8.47. The van der Waals surface area contributed by atoms with Crippen LogP contribution in [-0.4, -0.2) is 30.7 Å². The molecule has 0 radical (unpaired) electrons. The zero-order chi connectivity index (χ0) is 14.8. The lowest BCUT2D eigenvalue weighted by Gasteiger charge is -2.29. The molecule has 1 aliphatic rings. The summed E-state index contributed by atoms with van der Waals surface area (Å²) >= 11 is 3.51. The van der Waals surface area contributed by atoms with Crippen LogP contribution >= 0.6 is 15.9 Å². The van der Waals surface area contributed by atoms with Gasteiger partial charge in [0.1, 0.15) is 0 Å². The second-order valence-corrected chi connectivity index (χ2v) is 7.02. The van der Waals surface area contributed by atoms with Gasteiger partial charge >= 0.3 is 0 Å². The van der Waals surface area contributed by atoms with Crippen molar-refractivity contribution < 1.29 is 0 Å². The molecule has 1 fully saturated rings. The molecule has 21 heavy (non-hydrogen) atoms. The highest BCUT2D eigenvalue weighted by atomic mass is 79.9. The Morgan fingerprint density at radius 3 is 3.05 bits per heavy atom. The molecule has 1 aliphatic heterocycles. The topological polar surface area (TPSA) is 28.2 Å². The minimum absolute atomic E-state index is 0.540. The fourth-order valence-electron chi connectivity index (χ4n) is 2.99. The molecule has 1 atom stereocenters. The first kappa shape index (κ1) is 14.8. The molecule has 2 aromatic rings. The number of rotatable bonds is 2. The monoisotopic (exact) mass is 347 g/mol. The summed E-state index contributed by atoms with van der Waals surface area (Å²) < 4.78 is 1.03. The maximum atomic E-state index is 4.65. The van der Waals surface area contributed by atoms with Crippen LogP contribution in [0.5, 0.6) is 0 Å². The molecule has 112 valence electrons. The number of aromatic nitrogens is 1. The van der Waals surface area contributed by atoms with Gasteiger partial charge in [0.25, 0.3) is 0 Å². The Morgan fingerprint density at radius 1 is 1.38 bits per heavy atom. The maximum absolute atomic E-state index is 4.65. The van der Waals surface area contributed by atoms with E-state index in [-0.39, 0.29) is 0 Å². The van der Waals surface area contributed by atoms with Crippen LogP contribution in [0.4, 0.5) is 5.69 Å². The summed E-state index contributed by atoms with van der Waals surface area (Å²) in [5, 5.41) is 4.86. The normalized spacial score (nSPS) is 20.0. The van der Waals surface area contributed by atoms with Crippen molar-refractivity contribution in [3.63, 3.8) is 0 Å². The fourth-order valence-corrected chi connectivity index (χ4v) is 3.34. The Balaban J connectivity index is 1.98. The Labute approximate surface area is 134 Å². The lowest BCUT2D eigenvalue weighted by atomic mass is 10.0. The minimum atomic E-state index is 0.540. The molecule has 1 aromatic carbocycles. The quantitative estimate of drug-likeness (QED) is 0.894. The third-order valence-corrected chi connectivity index (χ3v) is 4.66. The van der Waals surface area contributed by atoms with E-state index in [1.54, 1.807) is 0 Å². The maximum Gasteiger partial charge on any atom is 0.0936 e. The number of para-hydroxylation sites is 1. The molecule has 0 aliphatic carbocycles. The third-order valence-electron chi connectivity index (χ3n) is 4.23. The molecule has 1 N–H and O–H groups in total. The summed E-state index contributed by atoms with van der Waals surface area (Å²) in [4.78, 5) is 7.14. The lowest BCUT2D eigenvalue weighted by Crippen LogP contribution is -2.41. The molecular weight excluding hydrogens is 326 g/mol. The van der Waals surface area contributed by atoms with Crippen molar-refractivity contribution in [1.82, 2.24) is 10.3 Å². The standard InChI is InChI=1S/C17H22BrN3/c1-12(2)15-11-21(8-4-7-19-15)16-6-3-5-13-9-14(18)10-20-17(13)16/h3,5-6,9-10,12,15,19H,4,7-8,11H2,1-2H3. The molecule has 4 heteroatoms. The Kier molecular flexibility index (Phi) is 4.45. The van der Waals surface area contributed by atoms with Gasteiger partial charge in [-0.15, -0.1) is 0 Å². The van der Waals surface area contributed by atoms with Gasteiger partial charge in [0.2, 0.25) is 0 Å². The van der Waals surface area contributed by atoms with Crippen LogP contribution < -0.4 is 10.2 Å². The van der Waals surface area contributed by atoms with E-state index in [4.69, 9.17) is 0 Å². The number of pyridine rings is 1. The number of halogens is 1. The van der Waals surface area contributed by atoms with Gasteiger partial charge in [0, 0.05) is 35.2 Å². The SMILES string of the molecule is CC(C)C1CN(c2cccc3cc(Br)cnc23)CCCN1. The Morgan fingerprint density at radius 2 is 2.24 bits per heavy atom. The first-order valence-electron chi connectivity index (χ1n) is 7.68. The summed E-state index contributed by atoms with van der Waals surface area (Å²) in [6.07, 6.45) is 3.07. The summed E-state index contributed by atoms with van der Waals surface area (Å²) in [6.45, 7) is 7.82. The second-order valence-electron chi connectivity index (χ2n) is 6.11. The van der Waals surface area contributed by atoms with E-state index in [1.165, 1.54) is 17.5 Å². The molecule has 1 unspecified atom stereocenters. The smallest absolute Gasteiger partial charge is 0.0936 e. The van der Waals surface area contributed by atoms with Crippen molar-refractivity contribution in [3.05, 3.63) is 34.9 Å². The van der Waals surface area contributed by atoms with E-state index < -0.39 is 0 Å². The van der Waals surface area contributed by atoms with Gasteiger partial charge in [-0.1, -0.05) is 26.0 Å². The summed E-state index contributed by atoms with van der Waals surface area (Å²) in [5.74, 6) is 0.641. The highest BCUT2D eigenvalue weighted by molar-refractivity contribution is 9.10. The van der Waals surface area contributed by atoms with E-state index in [0.29, 0.717) is 12.0 Å². The zero-order valence-electron chi connectivity index (χ0n) is 12.6. The van der Waals surface area contributed by atoms with E-state index in [2.05, 4.69) is 69.2 Å². The van der Waals surface area contributed by atoms with Crippen molar-refractivity contribution in [2.24, 2.45) is 5.92 Å². The van der Waals surface area contributed by atoms with Crippen LogP contribution in [0.1, 0.15) is 20.3 Å². The molecule has 0 amide bonds. The highest BCUT2D eigenvalue weighted by Crippen LogP contribution is 2.28. The van der Waals surface area contributed by atoms with E-state index >= 15 is 0 Å². The number of hydrogen-bond acceptors (Lipinski definition) is 3. The number of nitrogens with one attached hydrogen (secondary N) is 1.